The van der Waals surface area contributed by atoms with E-state index in [0.29, 0.717) is 0 Å². The van der Waals surface area contributed by atoms with E-state index in [4.69, 9.17) is 4.74 Å². The van der Waals surface area contributed by atoms with Crippen molar-refractivity contribution in [1.82, 2.24) is 5.32 Å². The molecule has 27 heavy (non-hydrogen) atoms. The van der Waals surface area contributed by atoms with E-state index in [1.54, 1.807) is 20.8 Å². The van der Waals surface area contributed by atoms with Crippen LogP contribution in [0.15, 0.2) is 12.1 Å². The summed E-state index contributed by atoms with van der Waals surface area (Å²) in [6, 6.07) is 1.92. The molecule has 9 heteroatoms. The zero-order valence-electron chi connectivity index (χ0n) is 15.8. The van der Waals surface area contributed by atoms with Gasteiger partial charge in [0.1, 0.15) is 23.2 Å². The normalized spacial score (nSPS) is 19.4. The van der Waals surface area contributed by atoms with Crippen molar-refractivity contribution in [2.75, 3.05) is 25.6 Å². The summed E-state index contributed by atoms with van der Waals surface area (Å²) in [4.78, 5) is 36.7. The van der Waals surface area contributed by atoms with Gasteiger partial charge in [-0.1, -0.05) is 0 Å². The van der Waals surface area contributed by atoms with Crippen molar-refractivity contribution in [1.29, 1.82) is 0 Å². The van der Waals surface area contributed by atoms with Gasteiger partial charge in [0, 0.05) is 25.1 Å². The highest BCUT2D eigenvalue weighted by Gasteiger charge is 2.44. The van der Waals surface area contributed by atoms with Gasteiger partial charge < -0.3 is 14.8 Å². The molecule has 7 nitrogen and oxygen atoms in total. The highest BCUT2D eigenvalue weighted by atomic mass is 19.1. The average molecular weight is 384 g/mol. The van der Waals surface area contributed by atoms with E-state index in [0.717, 1.165) is 24.1 Å². The van der Waals surface area contributed by atoms with Crippen molar-refractivity contribution in [3.8, 4) is 0 Å². The maximum atomic E-state index is 14.7. The Kier molecular flexibility index (Phi) is 5.72. The van der Waals surface area contributed by atoms with Crippen LogP contribution >= 0.6 is 0 Å². The van der Waals surface area contributed by atoms with E-state index in [2.05, 4.69) is 10.1 Å². The smallest absolute Gasteiger partial charge is 0.414 e. The summed E-state index contributed by atoms with van der Waals surface area (Å²) in [5.74, 6) is -5.87. The lowest BCUT2D eigenvalue weighted by Crippen LogP contribution is -2.34. The van der Waals surface area contributed by atoms with Crippen LogP contribution in [-0.4, -0.2) is 44.3 Å². The number of hydrogen-bond acceptors (Lipinski definition) is 5. The van der Waals surface area contributed by atoms with Crippen LogP contribution in [0.1, 0.15) is 32.3 Å². The second-order valence-electron chi connectivity index (χ2n) is 7.21. The molecule has 0 saturated carbocycles. The minimum absolute atomic E-state index is 0.0603. The Bertz CT molecular complexity index is 753. The van der Waals surface area contributed by atoms with Crippen LogP contribution in [-0.2, 0) is 19.1 Å². The van der Waals surface area contributed by atoms with Crippen LogP contribution in [0.25, 0.3) is 0 Å². The van der Waals surface area contributed by atoms with Gasteiger partial charge in [0.25, 0.3) is 0 Å². The Labute approximate surface area is 155 Å². The Morgan fingerprint density at radius 2 is 1.78 bits per heavy atom. The van der Waals surface area contributed by atoms with Crippen molar-refractivity contribution < 1.29 is 32.6 Å². The lowest BCUT2D eigenvalue weighted by atomic mass is 9.87. The van der Waals surface area contributed by atoms with Gasteiger partial charge in [0.15, 0.2) is 0 Å². The molecule has 0 spiro atoms. The van der Waals surface area contributed by atoms with Gasteiger partial charge in [-0.05, 0) is 32.9 Å². The summed E-state index contributed by atoms with van der Waals surface area (Å²) in [5, 5.41) is 2.41. The largest absolute Gasteiger partial charge is 0.468 e. The van der Waals surface area contributed by atoms with Crippen molar-refractivity contribution >= 4 is 23.7 Å². The van der Waals surface area contributed by atoms with E-state index < -0.39 is 52.6 Å². The number of hydrogen-bond donors (Lipinski definition) is 1. The van der Waals surface area contributed by atoms with E-state index in [-0.39, 0.29) is 12.2 Å². The summed E-state index contributed by atoms with van der Waals surface area (Å²) in [6.45, 7) is 4.90. The van der Waals surface area contributed by atoms with Gasteiger partial charge in [0.05, 0.1) is 12.8 Å². The molecule has 0 radical (unpaired) electrons. The Morgan fingerprint density at radius 3 is 2.26 bits per heavy atom. The van der Waals surface area contributed by atoms with E-state index in [9.17, 15) is 23.2 Å². The van der Waals surface area contributed by atoms with Crippen LogP contribution < -0.4 is 10.2 Å². The number of nitrogens with one attached hydrogen (secondary N) is 1. The topological polar surface area (TPSA) is 84.9 Å². The molecule has 0 aliphatic carbocycles. The number of esters is 1. The van der Waals surface area contributed by atoms with Crippen LogP contribution in [0.4, 0.5) is 19.3 Å². The molecule has 2 amide bonds. The fourth-order valence-electron chi connectivity index (χ4n) is 2.84. The summed E-state index contributed by atoms with van der Waals surface area (Å²) < 4.78 is 39.1. The molecule has 1 fully saturated rings. The lowest BCUT2D eigenvalue weighted by molar-refractivity contribution is -0.149. The molecule has 1 N–H and O–H groups in total. The standard InChI is InChI=1S/C18H22F2N2O5/c1-18(2,3)27-17(25)22(4)9-6-11(19)13(12(20)7-9)10-8-21-15(23)14(10)16(24)26-5/h6-7,10,14H,8H2,1-5H3,(H,21,23)/t10-,14-/m0/s1. The molecule has 148 valence electrons. The van der Waals surface area contributed by atoms with Crippen molar-refractivity contribution in [2.24, 2.45) is 5.92 Å². The number of ether oxygens (including phenoxy) is 2. The Balaban J connectivity index is 2.36. The predicted octanol–water partition coefficient (Wildman–Crippen LogP) is 2.34. The minimum atomic E-state index is -1.34. The molecule has 1 saturated heterocycles. The second kappa shape index (κ2) is 7.50. The first-order valence-corrected chi connectivity index (χ1v) is 8.27. The fourth-order valence-corrected chi connectivity index (χ4v) is 2.84. The van der Waals surface area contributed by atoms with E-state index in [1.807, 2.05) is 0 Å². The number of methoxy groups -OCH3 is 1. The van der Waals surface area contributed by atoms with Gasteiger partial charge in [-0.25, -0.2) is 13.6 Å². The van der Waals surface area contributed by atoms with Crippen molar-refractivity contribution in [3.63, 3.8) is 0 Å². The first-order chi connectivity index (χ1) is 12.5. The summed E-state index contributed by atoms with van der Waals surface area (Å²) in [7, 11) is 2.41. The van der Waals surface area contributed by atoms with Crippen LogP contribution in [0.5, 0.6) is 0 Å². The Morgan fingerprint density at radius 1 is 1.22 bits per heavy atom. The number of anilines is 1. The zero-order chi connectivity index (χ0) is 20.5. The molecule has 2 atom stereocenters. The van der Waals surface area contributed by atoms with Crippen LogP contribution in [0.3, 0.4) is 0 Å². The summed E-state index contributed by atoms with van der Waals surface area (Å²) in [6.07, 6.45) is -0.779. The highest BCUT2D eigenvalue weighted by molar-refractivity contribution is 6.00. The summed E-state index contributed by atoms with van der Waals surface area (Å²) in [5.41, 5.74) is -1.24. The molecular formula is C18H22F2N2O5. The third-order valence-corrected chi connectivity index (χ3v) is 4.13. The Hall–Kier alpha value is -2.71. The third-order valence-electron chi connectivity index (χ3n) is 4.13. The number of carbonyl (C=O) groups is 3. The first kappa shape index (κ1) is 20.6. The number of rotatable bonds is 3. The fraction of sp³-hybridized carbons (Fsp3) is 0.500. The lowest BCUT2D eigenvalue weighted by Gasteiger charge is -2.25. The van der Waals surface area contributed by atoms with Gasteiger partial charge in [-0.3, -0.25) is 14.5 Å². The molecule has 0 unspecified atom stereocenters. The van der Waals surface area contributed by atoms with Crippen LogP contribution in [0, 0.1) is 17.6 Å². The zero-order valence-corrected chi connectivity index (χ0v) is 15.8. The van der Waals surface area contributed by atoms with E-state index >= 15 is 0 Å². The number of benzene rings is 1. The molecule has 1 aliphatic rings. The van der Waals surface area contributed by atoms with Gasteiger partial charge in [0.2, 0.25) is 5.91 Å². The molecule has 0 bridgehead atoms. The average Bonchev–Trinajstić information content (AvgIpc) is 2.92. The number of amides is 2. The highest BCUT2D eigenvalue weighted by Crippen LogP contribution is 2.35. The van der Waals surface area contributed by atoms with Crippen LogP contribution in [0.2, 0.25) is 0 Å². The molecule has 1 heterocycles. The molecule has 0 aromatic heterocycles. The van der Waals surface area contributed by atoms with Gasteiger partial charge in [-0.15, -0.1) is 0 Å². The van der Waals surface area contributed by atoms with E-state index in [1.165, 1.54) is 7.05 Å². The van der Waals surface area contributed by atoms with Crippen molar-refractivity contribution in [2.45, 2.75) is 32.3 Å². The van der Waals surface area contributed by atoms with Gasteiger partial charge >= 0.3 is 12.1 Å². The summed E-state index contributed by atoms with van der Waals surface area (Å²) >= 11 is 0. The minimum Gasteiger partial charge on any atom is -0.468 e. The maximum Gasteiger partial charge on any atom is 0.414 e. The molecule has 1 aliphatic heterocycles. The number of carbonyl (C=O) groups excluding carboxylic acids is 3. The first-order valence-electron chi connectivity index (χ1n) is 8.27. The molecule has 1 aromatic rings. The SMILES string of the molecule is COC(=O)[C@@H]1C(=O)NC[C@H]1c1c(F)cc(N(C)C(=O)OC(C)(C)C)cc1F. The number of nitrogens with zero attached hydrogens (tertiary/aromatic N) is 1. The number of halogens is 2. The molecule has 1 aromatic carbocycles. The quantitative estimate of drug-likeness (QED) is 0.639. The third kappa shape index (κ3) is 4.35. The molecular weight excluding hydrogens is 362 g/mol. The van der Waals surface area contributed by atoms with Crippen molar-refractivity contribution in [3.05, 3.63) is 29.3 Å². The van der Waals surface area contributed by atoms with Gasteiger partial charge in [-0.2, -0.15) is 0 Å². The second-order valence-corrected chi connectivity index (χ2v) is 7.21. The monoisotopic (exact) mass is 384 g/mol. The molecule has 2 rings (SSSR count). The maximum absolute atomic E-state index is 14.7. The predicted molar refractivity (Wildman–Crippen MR) is 92.3 cm³/mol.